The third kappa shape index (κ3) is 2.74. The summed E-state index contributed by atoms with van der Waals surface area (Å²) in [5, 5.41) is 17.9. The van der Waals surface area contributed by atoms with Crippen LogP contribution in [0.2, 0.25) is 0 Å². The van der Waals surface area contributed by atoms with Gasteiger partial charge in [-0.15, -0.1) is 0 Å². The first-order valence-electron chi connectivity index (χ1n) is 4.19. The Bertz CT molecular complexity index is 384. The van der Waals surface area contributed by atoms with Gasteiger partial charge in [0.2, 0.25) is 6.08 Å². The summed E-state index contributed by atoms with van der Waals surface area (Å²) in [5.41, 5.74) is 0.454. The molecule has 0 aliphatic rings. The first-order chi connectivity index (χ1) is 7.16. The highest BCUT2D eigenvalue weighted by atomic mass is 16.4. The molecule has 2 atom stereocenters. The fraction of sp³-hybridized carbons (Fsp3) is 0.200. The molecule has 1 rings (SSSR count). The van der Waals surface area contributed by atoms with E-state index in [4.69, 9.17) is 5.11 Å². The molecule has 0 aliphatic carbocycles. The molecule has 0 fully saturated rings. The molecule has 0 unspecified atom stereocenters. The average Bonchev–Trinajstić information content (AvgIpc) is 2.26. The number of rotatable bonds is 4. The van der Waals surface area contributed by atoms with E-state index in [9.17, 15) is 14.7 Å². The van der Waals surface area contributed by atoms with Crippen molar-refractivity contribution in [2.45, 2.75) is 12.1 Å². The maximum Gasteiger partial charge on any atom is 0.335 e. The summed E-state index contributed by atoms with van der Waals surface area (Å²) in [6.07, 6.45) is -0.488. The number of carbonyl (C=O) groups excluding carboxylic acids is 1. The molecule has 1 aromatic rings. The van der Waals surface area contributed by atoms with E-state index in [2.05, 4.69) is 4.99 Å². The molecule has 0 aliphatic heterocycles. The fourth-order valence-corrected chi connectivity index (χ4v) is 1.17. The predicted octanol–water partition coefficient (Wildman–Crippen LogP) is 0.509. The number of carboxylic acids is 1. The van der Waals surface area contributed by atoms with Gasteiger partial charge in [0.1, 0.15) is 6.04 Å². The molecule has 78 valence electrons. The number of carbonyl (C=O) groups is 1. The molecule has 0 radical (unpaired) electrons. The van der Waals surface area contributed by atoms with Crippen LogP contribution < -0.4 is 0 Å². The molecule has 2 N–H and O–H groups in total. The van der Waals surface area contributed by atoms with Gasteiger partial charge in [-0.1, -0.05) is 30.3 Å². The molecule has 15 heavy (non-hydrogen) atoms. The highest BCUT2D eigenvalue weighted by Gasteiger charge is 2.26. The first kappa shape index (κ1) is 11.1. The molecule has 0 spiro atoms. The fourth-order valence-electron chi connectivity index (χ4n) is 1.17. The Morgan fingerprint density at radius 1 is 1.33 bits per heavy atom. The van der Waals surface area contributed by atoms with Gasteiger partial charge in [0.05, 0.1) is 0 Å². The van der Waals surface area contributed by atoms with E-state index >= 15 is 0 Å². The van der Waals surface area contributed by atoms with Gasteiger partial charge >= 0.3 is 5.97 Å². The van der Waals surface area contributed by atoms with Gasteiger partial charge in [-0.3, -0.25) is 0 Å². The number of isocyanates is 1. The molecular formula is C10H9NO4. The summed E-state index contributed by atoms with van der Waals surface area (Å²) in [7, 11) is 0. The Labute approximate surface area is 85.7 Å². The number of carboxylic acid groups (broad SMARTS) is 1. The van der Waals surface area contributed by atoms with Crippen molar-refractivity contribution in [3.8, 4) is 0 Å². The lowest BCUT2D eigenvalue weighted by atomic mass is 10.0. The molecule has 5 nitrogen and oxygen atoms in total. The number of nitrogens with zero attached hydrogens (tertiary/aromatic N) is 1. The molecule has 0 bridgehead atoms. The van der Waals surface area contributed by atoms with Crippen LogP contribution in [0.4, 0.5) is 0 Å². The Balaban J connectivity index is 3.03. The summed E-state index contributed by atoms with van der Waals surface area (Å²) in [4.78, 5) is 23.9. The summed E-state index contributed by atoms with van der Waals surface area (Å²) in [6.45, 7) is 0. The van der Waals surface area contributed by atoms with Crippen LogP contribution in [-0.2, 0) is 9.59 Å². The van der Waals surface area contributed by atoms with E-state index < -0.39 is 18.1 Å². The number of benzene rings is 1. The second-order valence-corrected chi connectivity index (χ2v) is 2.86. The maximum atomic E-state index is 10.5. The van der Waals surface area contributed by atoms with Crippen LogP contribution >= 0.6 is 0 Å². The quantitative estimate of drug-likeness (QED) is 0.556. The number of hydrogen-bond donors (Lipinski definition) is 2. The number of hydrogen-bond acceptors (Lipinski definition) is 4. The number of aliphatic hydroxyl groups is 1. The lowest BCUT2D eigenvalue weighted by molar-refractivity contribution is -0.147. The monoisotopic (exact) mass is 207 g/mol. The molecule has 5 heteroatoms. The van der Waals surface area contributed by atoms with Gasteiger partial charge in [-0.05, 0) is 5.56 Å². The van der Waals surface area contributed by atoms with Crippen LogP contribution in [0.1, 0.15) is 11.6 Å². The van der Waals surface area contributed by atoms with Crippen molar-refractivity contribution in [3.63, 3.8) is 0 Å². The van der Waals surface area contributed by atoms with Gasteiger partial charge in [0.25, 0.3) is 0 Å². The number of aliphatic hydroxyl groups excluding tert-OH is 1. The molecule has 0 saturated heterocycles. The van der Waals surface area contributed by atoms with Crippen LogP contribution in [0.25, 0.3) is 0 Å². The second-order valence-electron chi connectivity index (χ2n) is 2.86. The minimum absolute atomic E-state index is 0.454. The average molecular weight is 207 g/mol. The Kier molecular flexibility index (Phi) is 3.74. The lowest BCUT2D eigenvalue weighted by Crippen LogP contribution is -2.26. The minimum atomic E-state index is -1.74. The van der Waals surface area contributed by atoms with Crippen molar-refractivity contribution in [1.82, 2.24) is 0 Å². The van der Waals surface area contributed by atoms with Gasteiger partial charge in [0, 0.05) is 0 Å². The Morgan fingerprint density at radius 3 is 2.40 bits per heavy atom. The van der Waals surface area contributed by atoms with Crippen molar-refractivity contribution in [2.75, 3.05) is 0 Å². The number of aliphatic imine (C=N–C) groups is 1. The summed E-state index contributed by atoms with van der Waals surface area (Å²) < 4.78 is 0. The van der Waals surface area contributed by atoms with Crippen molar-refractivity contribution >= 4 is 12.0 Å². The lowest BCUT2D eigenvalue weighted by Gasteiger charge is -2.13. The van der Waals surface area contributed by atoms with Crippen LogP contribution in [0.15, 0.2) is 35.3 Å². The van der Waals surface area contributed by atoms with E-state index in [-0.39, 0.29) is 0 Å². The predicted molar refractivity (Wildman–Crippen MR) is 50.9 cm³/mol. The highest BCUT2D eigenvalue weighted by molar-refractivity contribution is 5.73. The molecule has 0 amide bonds. The zero-order valence-electron chi connectivity index (χ0n) is 7.70. The van der Waals surface area contributed by atoms with Crippen LogP contribution in [0.5, 0.6) is 0 Å². The van der Waals surface area contributed by atoms with E-state index in [1.54, 1.807) is 30.3 Å². The highest BCUT2D eigenvalue weighted by Crippen LogP contribution is 2.20. The SMILES string of the molecule is O=C=N[C@@H](c1ccccc1)[C@@H](O)C(=O)O. The van der Waals surface area contributed by atoms with E-state index in [0.717, 1.165) is 0 Å². The Hall–Kier alpha value is -1.97. The molecule has 0 heterocycles. The first-order valence-corrected chi connectivity index (χ1v) is 4.19. The largest absolute Gasteiger partial charge is 0.479 e. The molecule has 1 aromatic carbocycles. The maximum absolute atomic E-state index is 10.5. The van der Waals surface area contributed by atoms with Gasteiger partial charge < -0.3 is 10.2 Å². The third-order valence-electron chi connectivity index (χ3n) is 1.88. The van der Waals surface area contributed by atoms with Crippen molar-refractivity contribution < 1.29 is 19.8 Å². The summed E-state index contributed by atoms with van der Waals surface area (Å²) in [6, 6.07) is 7.11. The van der Waals surface area contributed by atoms with Crippen LogP contribution in [0.3, 0.4) is 0 Å². The zero-order chi connectivity index (χ0) is 11.3. The molecule has 0 saturated carbocycles. The molecular weight excluding hydrogens is 198 g/mol. The standard InChI is InChI=1S/C10H9NO4/c12-6-11-8(9(13)10(14)15)7-4-2-1-3-5-7/h1-5,8-9,13H,(H,14,15)/t8-,9+/m0/s1. The van der Waals surface area contributed by atoms with Crippen molar-refractivity contribution in [2.24, 2.45) is 4.99 Å². The van der Waals surface area contributed by atoms with Gasteiger partial charge in [-0.25, -0.2) is 9.59 Å². The van der Waals surface area contributed by atoms with Gasteiger partial charge in [0.15, 0.2) is 6.10 Å². The Morgan fingerprint density at radius 2 is 1.93 bits per heavy atom. The van der Waals surface area contributed by atoms with Crippen LogP contribution in [0, 0.1) is 0 Å². The zero-order valence-corrected chi connectivity index (χ0v) is 7.70. The second kappa shape index (κ2) is 5.05. The van der Waals surface area contributed by atoms with Crippen molar-refractivity contribution in [1.29, 1.82) is 0 Å². The van der Waals surface area contributed by atoms with E-state index in [0.29, 0.717) is 5.56 Å². The summed E-state index contributed by atoms with van der Waals surface area (Å²) in [5.74, 6) is -1.43. The minimum Gasteiger partial charge on any atom is -0.479 e. The number of aliphatic carboxylic acids is 1. The van der Waals surface area contributed by atoms with Gasteiger partial charge in [-0.2, -0.15) is 4.99 Å². The van der Waals surface area contributed by atoms with Crippen LogP contribution in [-0.4, -0.2) is 28.4 Å². The third-order valence-corrected chi connectivity index (χ3v) is 1.88. The van der Waals surface area contributed by atoms with Crippen molar-refractivity contribution in [3.05, 3.63) is 35.9 Å². The smallest absolute Gasteiger partial charge is 0.335 e. The topological polar surface area (TPSA) is 87.0 Å². The molecule has 0 aromatic heterocycles. The van der Waals surface area contributed by atoms with E-state index in [1.807, 2.05) is 0 Å². The van der Waals surface area contributed by atoms with E-state index in [1.165, 1.54) is 6.08 Å². The summed E-state index contributed by atoms with van der Waals surface area (Å²) >= 11 is 0. The normalized spacial score (nSPS) is 13.7.